The zero-order chi connectivity index (χ0) is 20.1. The monoisotopic (exact) mass is 380 g/mol. The minimum atomic E-state index is -0.115. The summed E-state index contributed by atoms with van der Waals surface area (Å²) in [5.74, 6) is -0.199. The highest BCUT2D eigenvalue weighted by Gasteiger charge is 2.26. The normalized spacial score (nSPS) is 14.6. The number of anilines is 2. The summed E-state index contributed by atoms with van der Waals surface area (Å²) in [6.45, 7) is 7.99. The van der Waals surface area contributed by atoms with Crippen LogP contribution in [0.15, 0.2) is 42.5 Å². The van der Waals surface area contributed by atoms with Crippen LogP contribution in [0.1, 0.15) is 41.3 Å². The average Bonchev–Trinajstić information content (AvgIpc) is 2.71. The van der Waals surface area contributed by atoms with Gasteiger partial charge in [0.15, 0.2) is 0 Å². The first-order valence-corrected chi connectivity index (χ1v) is 9.88. The number of carbonyl (C=O) groups excluding carboxylic acids is 2. The lowest BCUT2D eigenvalue weighted by Gasteiger charge is -2.32. The van der Waals surface area contributed by atoms with Crippen molar-refractivity contribution in [3.63, 3.8) is 0 Å². The molecular weight excluding hydrogens is 352 g/mol. The standard InChI is InChI=1S/C23H28N2O3/c1-4-28-23(27)19-11-13-25(14-12-19)21-9-6-18(7-10-21)22(26)24-20-8-5-16(2)17(3)15-20/h5-10,15,19H,4,11-14H2,1-3H3,(H,24,26). The van der Waals surface area contributed by atoms with Gasteiger partial charge < -0.3 is 15.0 Å². The summed E-state index contributed by atoms with van der Waals surface area (Å²) in [6.07, 6.45) is 1.60. The lowest BCUT2D eigenvalue weighted by molar-refractivity contribution is -0.148. The minimum absolute atomic E-state index is 0.000725. The second kappa shape index (κ2) is 8.91. The Bertz CT molecular complexity index is 837. The highest BCUT2D eigenvalue weighted by Crippen LogP contribution is 2.25. The van der Waals surface area contributed by atoms with Crippen molar-refractivity contribution in [1.82, 2.24) is 0 Å². The number of ether oxygens (including phenoxy) is 1. The van der Waals surface area contributed by atoms with Crippen molar-refractivity contribution >= 4 is 23.3 Å². The van der Waals surface area contributed by atoms with Gasteiger partial charge in [-0.3, -0.25) is 9.59 Å². The molecule has 1 saturated heterocycles. The second-order valence-electron chi connectivity index (χ2n) is 7.31. The summed E-state index contributed by atoms with van der Waals surface area (Å²) >= 11 is 0. The summed E-state index contributed by atoms with van der Waals surface area (Å²) in [4.78, 5) is 26.6. The maximum atomic E-state index is 12.5. The Morgan fingerprint density at radius 2 is 1.71 bits per heavy atom. The molecule has 1 heterocycles. The van der Waals surface area contributed by atoms with E-state index in [4.69, 9.17) is 4.74 Å². The Kier molecular flexibility index (Phi) is 6.34. The summed E-state index contributed by atoms with van der Waals surface area (Å²) in [6, 6.07) is 13.6. The molecule has 148 valence electrons. The molecule has 2 aromatic carbocycles. The Hall–Kier alpha value is -2.82. The van der Waals surface area contributed by atoms with Gasteiger partial charge in [0.1, 0.15) is 0 Å². The van der Waals surface area contributed by atoms with Crippen LogP contribution in [-0.2, 0) is 9.53 Å². The molecule has 5 nitrogen and oxygen atoms in total. The molecule has 1 amide bonds. The molecule has 0 atom stereocenters. The van der Waals surface area contributed by atoms with Crippen LogP contribution in [0.3, 0.4) is 0 Å². The number of nitrogens with one attached hydrogen (secondary N) is 1. The van der Waals surface area contributed by atoms with Crippen LogP contribution in [0.5, 0.6) is 0 Å². The molecule has 0 saturated carbocycles. The van der Waals surface area contributed by atoms with Crippen LogP contribution in [0.25, 0.3) is 0 Å². The van der Waals surface area contributed by atoms with E-state index in [1.165, 1.54) is 5.56 Å². The highest BCUT2D eigenvalue weighted by molar-refractivity contribution is 6.04. The Labute approximate surface area is 166 Å². The fraction of sp³-hybridized carbons (Fsp3) is 0.391. The van der Waals surface area contributed by atoms with Crippen molar-refractivity contribution in [1.29, 1.82) is 0 Å². The zero-order valence-electron chi connectivity index (χ0n) is 16.8. The van der Waals surface area contributed by atoms with E-state index in [2.05, 4.69) is 17.1 Å². The van der Waals surface area contributed by atoms with E-state index >= 15 is 0 Å². The minimum Gasteiger partial charge on any atom is -0.466 e. The fourth-order valence-corrected chi connectivity index (χ4v) is 3.48. The van der Waals surface area contributed by atoms with E-state index in [1.54, 1.807) is 0 Å². The number of piperidine rings is 1. The lowest BCUT2D eigenvalue weighted by Crippen LogP contribution is -2.37. The molecule has 1 fully saturated rings. The predicted molar refractivity (Wildman–Crippen MR) is 112 cm³/mol. The predicted octanol–water partition coefficient (Wildman–Crippen LogP) is 4.34. The van der Waals surface area contributed by atoms with E-state index in [9.17, 15) is 9.59 Å². The van der Waals surface area contributed by atoms with E-state index < -0.39 is 0 Å². The van der Waals surface area contributed by atoms with Gasteiger partial charge in [-0.05, 0) is 81.1 Å². The van der Waals surface area contributed by atoms with Gasteiger partial charge in [0, 0.05) is 30.0 Å². The van der Waals surface area contributed by atoms with Gasteiger partial charge in [0.05, 0.1) is 12.5 Å². The van der Waals surface area contributed by atoms with Gasteiger partial charge in [-0.25, -0.2) is 0 Å². The molecule has 0 radical (unpaired) electrons. The number of esters is 1. The Morgan fingerprint density at radius 3 is 2.32 bits per heavy atom. The molecule has 2 aromatic rings. The van der Waals surface area contributed by atoms with Crippen molar-refractivity contribution in [2.75, 3.05) is 29.9 Å². The molecule has 1 aliphatic heterocycles. The van der Waals surface area contributed by atoms with Crippen molar-refractivity contribution in [2.45, 2.75) is 33.6 Å². The first-order valence-electron chi connectivity index (χ1n) is 9.88. The number of benzene rings is 2. The van der Waals surface area contributed by atoms with Crippen LogP contribution in [0, 0.1) is 19.8 Å². The first-order chi connectivity index (χ1) is 13.5. The van der Waals surface area contributed by atoms with Crippen LogP contribution in [0.2, 0.25) is 0 Å². The van der Waals surface area contributed by atoms with E-state index in [0.717, 1.165) is 42.9 Å². The summed E-state index contributed by atoms with van der Waals surface area (Å²) in [5, 5.41) is 2.95. The van der Waals surface area contributed by atoms with Gasteiger partial charge in [-0.15, -0.1) is 0 Å². The van der Waals surface area contributed by atoms with Crippen molar-refractivity contribution in [3.8, 4) is 0 Å². The van der Waals surface area contributed by atoms with Gasteiger partial charge >= 0.3 is 5.97 Å². The van der Waals surface area contributed by atoms with Gasteiger partial charge in [0.2, 0.25) is 0 Å². The van der Waals surface area contributed by atoms with Crippen LogP contribution < -0.4 is 10.2 Å². The summed E-state index contributed by atoms with van der Waals surface area (Å²) < 4.78 is 5.13. The average molecular weight is 380 g/mol. The van der Waals surface area contributed by atoms with E-state index in [-0.39, 0.29) is 17.8 Å². The maximum absolute atomic E-state index is 12.5. The van der Waals surface area contributed by atoms with Gasteiger partial charge in [0.25, 0.3) is 5.91 Å². The van der Waals surface area contributed by atoms with Crippen molar-refractivity contribution in [2.24, 2.45) is 5.92 Å². The summed E-state index contributed by atoms with van der Waals surface area (Å²) in [5.41, 5.74) is 4.86. The Morgan fingerprint density at radius 1 is 1.04 bits per heavy atom. The first kappa shape index (κ1) is 19.9. The molecule has 0 spiro atoms. The summed E-state index contributed by atoms with van der Waals surface area (Å²) in [7, 11) is 0. The third kappa shape index (κ3) is 4.71. The molecule has 28 heavy (non-hydrogen) atoms. The second-order valence-corrected chi connectivity index (χ2v) is 7.31. The highest BCUT2D eigenvalue weighted by atomic mass is 16.5. The fourth-order valence-electron chi connectivity index (χ4n) is 3.48. The Balaban J connectivity index is 1.58. The zero-order valence-corrected chi connectivity index (χ0v) is 16.8. The smallest absolute Gasteiger partial charge is 0.309 e. The molecule has 5 heteroatoms. The lowest BCUT2D eigenvalue weighted by atomic mass is 9.96. The molecular formula is C23H28N2O3. The van der Waals surface area contributed by atoms with E-state index in [1.807, 2.05) is 56.3 Å². The third-order valence-corrected chi connectivity index (χ3v) is 5.37. The van der Waals surface area contributed by atoms with Gasteiger partial charge in [-0.2, -0.15) is 0 Å². The topological polar surface area (TPSA) is 58.6 Å². The number of amides is 1. The number of nitrogens with zero attached hydrogens (tertiary/aromatic N) is 1. The molecule has 3 rings (SSSR count). The maximum Gasteiger partial charge on any atom is 0.309 e. The van der Waals surface area contributed by atoms with Gasteiger partial charge in [-0.1, -0.05) is 6.07 Å². The quantitative estimate of drug-likeness (QED) is 0.784. The number of hydrogen-bond acceptors (Lipinski definition) is 4. The van der Waals surface area contributed by atoms with Crippen LogP contribution in [0.4, 0.5) is 11.4 Å². The van der Waals surface area contributed by atoms with Crippen LogP contribution in [-0.4, -0.2) is 31.6 Å². The number of aryl methyl sites for hydroxylation is 2. The van der Waals surface area contributed by atoms with Crippen molar-refractivity contribution < 1.29 is 14.3 Å². The number of rotatable bonds is 5. The number of carbonyl (C=O) groups is 2. The van der Waals surface area contributed by atoms with E-state index in [0.29, 0.717) is 12.2 Å². The molecule has 0 bridgehead atoms. The molecule has 1 N–H and O–H groups in total. The van der Waals surface area contributed by atoms with Crippen LogP contribution >= 0.6 is 0 Å². The molecule has 0 aromatic heterocycles. The SMILES string of the molecule is CCOC(=O)C1CCN(c2ccc(C(=O)Nc3ccc(C)c(C)c3)cc2)CC1. The third-order valence-electron chi connectivity index (χ3n) is 5.37. The molecule has 0 unspecified atom stereocenters. The molecule has 1 aliphatic rings. The molecule has 0 aliphatic carbocycles. The van der Waals surface area contributed by atoms with Crippen molar-refractivity contribution in [3.05, 3.63) is 59.2 Å². The largest absolute Gasteiger partial charge is 0.466 e. The number of hydrogen-bond donors (Lipinski definition) is 1.